The molecule has 0 radical (unpaired) electrons. The molecule has 16 heavy (non-hydrogen) atoms. The second-order valence-electron chi connectivity index (χ2n) is 3.41. The molecule has 1 rings (SSSR count). The van der Waals surface area contributed by atoms with Gasteiger partial charge >= 0.3 is 5.97 Å². The molecule has 1 atom stereocenters. The maximum atomic E-state index is 11.3. The van der Waals surface area contributed by atoms with Crippen LogP contribution in [0.25, 0.3) is 0 Å². The van der Waals surface area contributed by atoms with Crippen molar-refractivity contribution in [2.45, 2.75) is 26.4 Å². The van der Waals surface area contributed by atoms with Crippen LogP contribution >= 0.6 is 11.6 Å². The highest BCUT2D eigenvalue weighted by atomic mass is 35.5. The van der Waals surface area contributed by atoms with E-state index in [9.17, 15) is 4.79 Å². The number of hydrogen-bond acceptors (Lipinski definition) is 4. The number of nitrogens with zero attached hydrogens (tertiary/aromatic N) is 2. The van der Waals surface area contributed by atoms with E-state index in [0.29, 0.717) is 18.3 Å². The Labute approximate surface area is 99.8 Å². The molecule has 0 aliphatic carbocycles. The van der Waals surface area contributed by atoms with Crippen LogP contribution in [-0.2, 0) is 23.1 Å². The van der Waals surface area contributed by atoms with Gasteiger partial charge in [0.25, 0.3) is 0 Å². The second-order valence-corrected chi connectivity index (χ2v) is 3.80. The minimum atomic E-state index is -0.351. The van der Waals surface area contributed by atoms with Crippen molar-refractivity contribution in [3.05, 3.63) is 17.2 Å². The summed E-state index contributed by atoms with van der Waals surface area (Å²) in [6.45, 7) is 4.40. The highest BCUT2D eigenvalue weighted by Gasteiger charge is 2.14. The van der Waals surface area contributed by atoms with Gasteiger partial charge in [0.1, 0.15) is 17.0 Å². The van der Waals surface area contributed by atoms with Gasteiger partial charge in [0.05, 0.1) is 19.3 Å². The van der Waals surface area contributed by atoms with Gasteiger partial charge in [0.2, 0.25) is 0 Å². The Morgan fingerprint density at radius 1 is 1.75 bits per heavy atom. The van der Waals surface area contributed by atoms with Crippen LogP contribution in [0.15, 0.2) is 6.20 Å². The molecule has 0 amide bonds. The fraction of sp³-hybridized carbons (Fsp3) is 0.600. The van der Waals surface area contributed by atoms with Crippen molar-refractivity contribution in [2.75, 3.05) is 6.61 Å². The Morgan fingerprint density at radius 2 is 2.44 bits per heavy atom. The predicted molar refractivity (Wildman–Crippen MR) is 61.2 cm³/mol. The minimum Gasteiger partial charge on any atom is -0.465 e. The Balaban J connectivity index is 2.45. The molecule has 0 saturated carbocycles. The molecule has 0 aliphatic rings. The number of rotatable bonds is 5. The topological polar surface area (TPSA) is 56.1 Å². The van der Waals surface area contributed by atoms with Crippen LogP contribution in [0.2, 0.25) is 5.15 Å². The number of carbonyl (C=O) groups excluding carboxylic acids is 1. The van der Waals surface area contributed by atoms with Gasteiger partial charge in [-0.15, -0.1) is 0 Å². The Hall–Kier alpha value is -1.07. The number of carbonyl (C=O) groups is 1. The fourth-order valence-electron chi connectivity index (χ4n) is 1.18. The monoisotopic (exact) mass is 245 g/mol. The highest BCUT2D eigenvalue weighted by Crippen LogP contribution is 2.08. The lowest BCUT2D eigenvalue weighted by Crippen LogP contribution is -2.35. The zero-order valence-corrected chi connectivity index (χ0v) is 10.4. The number of halogens is 1. The van der Waals surface area contributed by atoms with E-state index in [-0.39, 0.29) is 12.0 Å². The predicted octanol–water partition coefficient (Wildman–Crippen LogP) is 1.11. The number of hydrogen-bond donors (Lipinski definition) is 1. The summed E-state index contributed by atoms with van der Waals surface area (Å²) in [7, 11) is 1.82. The molecule has 1 aromatic heterocycles. The number of esters is 1. The molecule has 6 heteroatoms. The summed E-state index contributed by atoms with van der Waals surface area (Å²) >= 11 is 5.84. The number of aromatic nitrogens is 2. The van der Waals surface area contributed by atoms with Crippen molar-refractivity contribution in [1.82, 2.24) is 14.9 Å². The molecule has 0 aliphatic heterocycles. The summed E-state index contributed by atoms with van der Waals surface area (Å²) in [6, 6.07) is -0.351. The van der Waals surface area contributed by atoms with Crippen LogP contribution in [-0.4, -0.2) is 28.2 Å². The molecule has 0 spiro atoms. The summed E-state index contributed by atoms with van der Waals surface area (Å²) in [4.78, 5) is 15.4. The normalized spacial score (nSPS) is 12.5. The smallest absolute Gasteiger partial charge is 0.322 e. The second kappa shape index (κ2) is 5.86. The third-order valence-electron chi connectivity index (χ3n) is 2.23. The molecule has 0 bridgehead atoms. The van der Waals surface area contributed by atoms with Crippen molar-refractivity contribution in [3.8, 4) is 0 Å². The number of nitrogens with one attached hydrogen (secondary N) is 1. The molecule has 5 nitrogen and oxygen atoms in total. The van der Waals surface area contributed by atoms with Crippen molar-refractivity contribution in [2.24, 2.45) is 7.05 Å². The van der Waals surface area contributed by atoms with Gasteiger partial charge < -0.3 is 9.30 Å². The molecule has 1 heterocycles. The van der Waals surface area contributed by atoms with Gasteiger partial charge in [0, 0.05) is 7.05 Å². The molecule has 1 unspecified atom stereocenters. The SMILES string of the molecule is CCOC(=O)C(C)NCc1ncc(Cl)n1C. The van der Waals surface area contributed by atoms with Gasteiger partial charge in [-0.3, -0.25) is 10.1 Å². The molecular formula is C10H16ClN3O2. The van der Waals surface area contributed by atoms with Crippen LogP contribution in [0.3, 0.4) is 0 Å². The van der Waals surface area contributed by atoms with Gasteiger partial charge in [0.15, 0.2) is 0 Å². The largest absolute Gasteiger partial charge is 0.465 e. The first-order valence-corrected chi connectivity index (χ1v) is 5.50. The number of imidazole rings is 1. The summed E-state index contributed by atoms with van der Waals surface area (Å²) < 4.78 is 6.63. The summed E-state index contributed by atoms with van der Waals surface area (Å²) in [6.07, 6.45) is 1.58. The van der Waals surface area contributed by atoms with Gasteiger partial charge in [-0.05, 0) is 13.8 Å². The Morgan fingerprint density at radius 3 is 2.94 bits per heavy atom. The van der Waals surface area contributed by atoms with Crippen LogP contribution in [0.4, 0.5) is 0 Å². The lowest BCUT2D eigenvalue weighted by Gasteiger charge is -2.12. The molecule has 1 N–H and O–H groups in total. The van der Waals surface area contributed by atoms with E-state index in [1.54, 1.807) is 24.6 Å². The molecule has 0 fully saturated rings. The zero-order chi connectivity index (χ0) is 12.1. The molecule has 1 aromatic rings. The minimum absolute atomic E-state index is 0.261. The van der Waals surface area contributed by atoms with Crippen LogP contribution in [0, 0.1) is 0 Å². The van der Waals surface area contributed by atoms with Crippen molar-refractivity contribution < 1.29 is 9.53 Å². The first-order valence-electron chi connectivity index (χ1n) is 5.12. The zero-order valence-electron chi connectivity index (χ0n) is 9.66. The molecular weight excluding hydrogens is 230 g/mol. The van der Waals surface area contributed by atoms with Crippen LogP contribution < -0.4 is 5.32 Å². The third kappa shape index (κ3) is 3.21. The van der Waals surface area contributed by atoms with Crippen molar-refractivity contribution in [1.29, 1.82) is 0 Å². The quantitative estimate of drug-likeness (QED) is 0.790. The maximum absolute atomic E-state index is 11.3. The summed E-state index contributed by atoms with van der Waals surface area (Å²) in [5.74, 6) is 0.518. The standard InChI is InChI=1S/C10H16ClN3O2/c1-4-16-10(15)7(2)12-6-9-13-5-8(11)14(9)3/h5,7,12H,4,6H2,1-3H3. The van der Waals surface area contributed by atoms with E-state index in [4.69, 9.17) is 16.3 Å². The van der Waals surface area contributed by atoms with E-state index in [1.807, 2.05) is 7.05 Å². The van der Waals surface area contributed by atoms with Crippen LogP contribution in [0.1, 0.15) is 19.7 Å². The van der Waals surface area contributed by atoms with Crippen LogP contribution in [0.5, 0.6) is 0 Å². The number of ether oxygens (including phenoxy) is 1. The summed E-state index contributed by atoms with van der Waals surface area (Å²) in [5.41, 5.74) is 0. The van der Waals surface area contributed by atoms with Gasteiger partial charge in [-0.2, -0.15) is 0 Å². The Bertz CT molecular complexity index is 365. The van der Waals surface area contributed by atoms with Gasteiger partial charge in [-0.1, -0.05) is 11.6 Å². The van der Waals surface area contributed by atoms with E-state index < -0.39 is 0 Å². The van der Waals surface area contributed by atoms with E-state index >= 15 is 0 Å². The average molecular weight is 246 g/mol. The van der Waals surface area contributed by atoms with E-state index in [0.717, 1.165) is 5.82 Å². The van der Waals surface area contributed by atoms with Crippen molar-refractivity contribution in [3.63, 3.8) is 0 Å². The highest BCUT2D eigenvalue weighted by molar-refractivity contribution is 6.29. The third-order valence-corrected chi connectivity index (χ3v) is 2.59. The maximum Gasteiger partial charge on any atom is 0.322 e. The van der Waals surface area contributed by atoms with Crippen molar-refractivity contribution >= 4 is 17.6 Å². The van der Waals surface area contributed by atoms with Gasteiger partial charge in [-0.25, -0.2) is 4.98 Å². The van der Waals surface area contributed by atoms with E-state index in [2.05, 4.69) is 10.3 Å². The lowest BCUT2D eigenvalue weighted by atomic mass is 10.3. The molecule has 0 aromatic carbocycles. The Kier molecular flexibility index (Phi) is 4.76. The molecule has 90 valence electrons. The summed E-state index contributed by atoms with van der Waals surface area (Å²) in [5, 5.41) is 3.59. The fourth-order valence-corrected chi connectivity index (χ4v) is 1.33. The van der Waals surface area contributed by atoms with E-state index in [1.165, 1.54) is 0 Å². The molecule has 0 saturated heterocycles. The average Bonchev–Trinajstić information content (AvgIpc) is 2.57. The lowest BCUT2D eigenvalue weighted by molar-refractivity contribution is -0.145. The first-order chi connectivity index (χ1) is 7.56. The first kappa shape index (κ1) is 13.0.